The number of pyridine rings is 1. The van der Waals surface area contributed by atoms with Crippen molar-refractivity contribution in [3.05, 3.63) is 42.1 Å². The minimum absolute atomic E-state index is 0.0577. The number of halogens is 3. The average molecular weight is 422 g/mol. The molecule has 1 aromatic carbocycles. The summed E-state index contributed by atoms with van der Waals surface area (Å²) in [7, 11) is 0. The van der Waals surface area contributed by atoms with Crippen LogP contribution in [0.5, 0.6) is 5.75 Å². The number of carbonyl (C=O) groups excluding carboxylic acids is 2. The number of Topliss-reactive ketones (excluding diaryl/α,β-unsaturated/α-hetero) is 1. The number of carbonyl (C=O) groups is 2. The first kappa shape index (κ1) is 21.8. The highest BCUT2D eigenvalue weighted by atomic mass is 19.4. The second kappa shape index (κ2) is 8.83. The number of anilines is 1. The fourth-order valence-corrected chi connectivity index (χ4v) is 2.64. The van der Waals surface area contributed by atoms with Gasteiger partial charge in [-0.25, -0.2) is 4.98 Å². The van der Waals surface area contributed by atoms with Gasteiger partial charge in [0.15, 0.2) is 0 Å². The molecule has 2 aromatic rings. The second-order valence-electron chi connectivity index (χ2n) is 7.24. The number of aromatic nitrogens is 1. The largest absolute Gasteiger partial charge is 0.573 e. The summed E-state index contributed by atoms with van der Waals surface area (Å²) in [5, 5.41) is 2.70. The van der Waals surface area contributed by atoms with E-state index in [1.165, 1.54) is 30.3 Å². The fourth-order valence-electron chi connectivity index (χ4n) is 2.64. The molecule has 1 fully saturated rings. The topological polar surface area (TPSA) is 77.5 Å². The van der Waals surface area contributed by atoms with Crippen LogP contribution in [0.15, 0.2) is 36.4 Å². The summed E-state index contributed by atoms with van der Waals surface area (Å²) < 4.78 is 46.3. The van der Waals surface area contributed by atoms with Crippen LogP contribution in [-0.4, -0.2) is 35.7 Å². The third-order valence-electron chi connectivity index (χ3n) is 4.28. The minimum Gasteiger partial charge on any atom is -0.406 e. The van der Waals surface area contributed by atoms with E-state index in [0.29, 0.717) is 11.1 Å². The number of rotatable bonds is 8. The molecular formula is C21H21F3N2O4. The highest BCUT2D eigenvalue weighted by molar-refractivity contribution is 5.98. The minimum atomic E-state index is -4.78. The van der Waals surface area contributed by atoms with Gasteiger partial charge in [-0.1, -0.05) is 12.1 Å². The van der Waals surface area contributed by atoms with Crippen LogP contribution in [0, 0.1) is 5.92 Å². The number of hydrogen-bond acceptors (Lipinski definition) is 5. The van der Waals surface area contributed by atoms with Gasteiger partial charge in [0.2, 0.25) is 11.7 Å². The molecule has 0 bridgehead atoms. The summed E-state index contributed by atoms with van der Waals surface area (Å²) in [6, 6.07) is 8.30. The number of ether oxygens (including phenoxy) is 2. The van der Waals surface area contributed by atoms with E-state index in [9.17, 15) is 22.8 Å². The number of hydrogen-bond donors (Lipinski definition) is 1. The van der Waals surface area contributed by atoms with Crippen molar-refractivity contribution in [1.29, 1.82) is 0 Å². The molecule has 1 aromatic heterocycles. The SMILES string of the molecule is CC(C)OCC(=O)c1cc(-c2ccc(OC(F)(F)F)cc2)cc(NC(=O)C2CC2)n1. The summed E-state index contributed by atoms with van der Waals surface area (Å²) in [5.41, 5.74) is 1.14. The Balaban J connectivity index is 1.88. The van der Waals surface area contributed by atoms with Crippen LogP contribution in [0.3, 0.4) is 0 Å². The molecule has 1 aliphatic carbocycles. The first-order valence-electron chi connectivity index (χ1n) is 9.44. The maximum atomic E-state index is 12.5. The van der Waals surface area contributed by atoms with Gasteiger partial charge in [0.25, 0.3) is 0 Å². The average Bonchev–Trinajstić information content (AvgIpc) is 3.50. The zero-order valence-electron chi connectivity index (χ0n) is 16.5. The molecule has 0 aliphatic heterocycles. The van der Waals surface area contributed by atoms with Crippen LogP contribution in [-0.2, 0) is 9.53 Å². The van der Waals surface area contributed by atoms with Gasteiger partial charge in [0.1, 0.15) is 23.9 Å². The van der Waals surface area contributed by atoms with Crippen LogP contribution in [0.25, 0.3) is 11.1 Å². The quantitative estimate of drug-likeness (QED) is 0.629. The van der Waals surface area contributed by atoms with E-state index in [2.05, 4.69) is 15.0 Å². The lowest BCUT2D eigenvalue weighted by Crippen LogP contribution is -2.18. The molecule has 0 saturated heterocycles. The molecule has 3 rings (SSSR count). The Hall–Kier alpha value is -2.94. The highest BCUT2D eigenvalue weighted by Crippen LogP contribution is 2.31. The Bertz CT molecular complexity index is 923. The van der Waals surface area contributed by atoms with E-state index < -0.39 is 6.36 Å². The molecular weight excluding hydrogens is 401 g/mol. The summed E-state index contributed by atoms with van der Waals surface area (Å²) in [5.74, 6) is -0.760. The van der Waals surface area contributed by atoms with Crippen molar-refractivity contribution in [3.8, 4) is 16.9 Å². The normalized spacial score (nSPS) is 13.9. The standard InChI is InChI=1S/C21H21F3N2O4/c1-12(2)29-11-18(27)17-9-15(10-19(25-17)26-20(28)14-3-4-14)13-5-7-16(8-6-13)30-21(22,23)24/h5-10,12,14H,3-4,11H2,1-2H3,(H,25,26,28). The number of ketones is 1. The fraction of sp³-hybridized carbons (Fsp3) is 0.381. The molecule has 0 atom stereocenters. The van der Waals surface area contributed by atoms with Crippen molar-refractivity contribution >= 4 is 17.5 Å². The van der Waals surface area contributed by atoms with Gasteiger partial charge in [0, 0.05) is 5.92 Å². The van der Waals surface area contributed by atoms with E-state index >= 15 is 0 Å². The van der Waals surface area contributed by atoms with Crippen LogP contribution >= 0.6 is 0 Å². The molecule has 1 heterocycles. The molecule has 160 valence electrons. The monoisotopic (exact) mass is 422 g/mol. The third-order valence-corrected chi connectivity index (χ3v) is 4.28. The van der Waals surface area contributed by atoms with Crippen molar-refractivity contribution in [2.75, 3.05) is 11.9 Å². The summed E-state index contributed by atoms with van der Waals surface area (Å²) in [6.45, 7) is 3.41. The van der Waals surface area contributed by atoms with Crippen molar-refractivity contribution in [1.82, 2.24) is 4.98 Å². The zero-order chi connectivity index (χ0) is 21.9. The molecule has 0 unspecified atom stereocenters. The molecule has 9 heteroatoms. The van der Waals surface area contributed by atoms with Gasteiger partial charge >= 0.3 is 6.36 Å². The van der Waals surface area contributed by atoms with Crippen LogP contribution in [0.4, 0.5) is 19.0 Å². The molecule has 0 radical (unpaired) electrons. The number of nitrogens with one attached hydrogen (secondary N) is 1. The molecule has 1 aliphatic rings. The Kier molecular flexibility index (Phi) is 6.40. The van der Waals surface area contributed by atoms with Gasteiger partial charge in [0.05, 0.1) is 6.10 Å². The molecule has 30 heavy (non-hydrogen) atoms. The Morgan fingerprint density at radius 2 is 1.80 bits per heavy atom. The lowest BCUT2D eigenvalue weighted by molar-refractivity contribution is -0.274. The first-order valence-corrected chi connectivity index (χ1v) is 9.44. The van der Waals surface area contributed by atoms with E-state index in [0.717, 1.165) is 12.8 Å². The first-order chi connectivity index (χ1) is 14.1. The third kappa shape index (κ3) is 6.28. The predicted molar refractivity (Wildman–Crippen MR) is 103 cm³/mol. The Labute approximate surface area is 171 Å². The van der Waals surface area contributed by atoms with E-state index in [-0.39, 0.29) is 47.6 Å². The summed E-state index contributed by atoms with van der Waals surface area (Å²) in [6.07, 6.45) is -3.32. The van der Waals surface area contributed by atoms with Crippen molar-refractivity contribution in [3.63, 3.8) is 0 Å². The van der Waals surface area contributed by atoms with Crippen molar-refractivity contribution in [2.24, 2.45) is 5.92 Å². The second-order valence-corrected chi connectivity index (χ2v) is 7.24. The Morgan fingerprint density at radius 1 is 1.13 bits per heavy atom. The van der Waals surface area contributed by atoms with Crippen LogP contribution in [0.2, 0.25) is 0 Å². The van der Waals surface area contributed by atoms with Crippen molar-refractivity contribution < 1.29 is 32.2 Å². The number of amides is 1. The number of alkyl halides is 3. The maximum Gasteiger partial charge on any atom is 0.573 e. The predicted octanol–water partition coefficient (Wildman–Crippen LogP) is 4.60. The van der Waals surface area contributed by atoms with Gasteiger partial charge < -0.3 is 14.8 Å². The van der Waals surface area contributed by atoms with E-state index in [1.807, 2.05) is 0 Å². The van der Waals surface area contributed by atoms with Gasteiger partial charge in [-0.3, -0.25) is 9.59 Å². The smallest absolute Gasteiger partial charge is 0.406 e. The Morgan fingerprint density at radius 3 is 2.37 bits per heavy atom. The molecule has 1 amide bonds. The number of nitrogens with zero attached hydrogens (tertiary/aromatic N) is 1. The van der Waals surface area contributed by atoms with Gasteiger partial charge in [-0.05, 0) is 62.1 Å². The number of benzene rings is 1. The molecule has 1 N–H and O–H groups in total. The van der Waals surface area contributed by atoms with Gasteiger partial charge in [-0.15, -0.1) is 13.2 Å². The van der Waals surface area contributed by atoms with Crippen LogP contribution < -0.4 is 10.1 Å². The maximum absolute atomic E-state index is 12.5. The molecule has 6 nitrogen and oxygen atoms in total. The summed E-state index contributed by atoms with van der Waals surface area (Å²) >= 11 is 0. The van der Waals surface area contributed by atoms with Crippen LogP contribution in [0.1, 0.15) is 37.2 Å². The van der Waals surface area contributed by atoms with Crippen molar-refractivity contribution in [2.45, 2.75) is 39.2 Å². The highest BCUT2D eigenvalue weighted by Gasteiger charge is 2.31. The summed E-state index contributed by atoms with van der Waals surface area (Å²) in [4.78, 5) is 28.8. The molecule has 0 spiro atoms. The zero-order valence-corrected chi connectivity index (χ0v) is 16.5. The molecule has 1 saturated carbocycles. The van der Waals surface area contributed by atoms with E-state index in [4.69, 9.17) is 4.74 Å². The van der Waals surface area contributed by atoms with Gasteiger partial charge in [-0.2, -0.15) is 0 Å². The lowest BCUT2D eigenvalue weighted by Gasteiger charge is -2.12. The lowest BCUT2D eigenvalue weighted by atomic mass is 10.0. The van der Waals surface area contributed by atoms with E-state index in [1.54, 1.807) is 19.9 Å².